The Morgan fingerprint density at radius 2 is 0.938 bits per heavy atom. The standard InChI is InChI=1S/C62H42N2/c1-5-15-42(16-6-1)37-57(47-29-27-45(28-30-47)43-17-7-2-8-18-43)51-38-50(49-33-36-59-58(41-49)61-55-25-13-21-48-22-14-26-56(60(48)55)62(61)63-59)39-54(40-51)64(52-23-11-4-12-24-52)53-34-31-46(32-35-53)44-19-9-3-10-20-44/h1-41,63H/b57-37+. The number of hydrogen-bond donors (Lipinski definition) is 1. The molecule has 0 radical (unpaired) electrons. The molecule has 12 rings (SSSR count). The summed E-state index contributed by atoms with van der Waals surface area (Å²) < 4.78 is 0. The Bertz CT molecular complexity index is 3490. The van der Waals surface area contributed by atoms with Gasteiger partial charge in [0.25, 0.3) is 0 Å². The van der Waals surface area contributed by atoms with Gasteiger partial charge >= 0.3 is 0 Å². The van der Waals surface area contributed by atoms with Crippen LogP contribution in [-0.4, -0.2) is 4.98 Å². The number of aromatic amines is 1. The summed E-state index contributed by atoms with van der Waals surface area (Å²) in [5, 5.41) is 3.83. The van der Waals surface area contributed by atoms with E-state index < -0.39 is 0 Å². The molecular weight excluding hydrogens is 773 g/mol. The van der Waals surface area contributed by atoms with Crippen LogP contribution < -0.4 is 4.90 Å². The number of hydrogen-bond acceptors (Lipinski definition) is 1. The number of para-hydroxylation sites is 1. The van der Waals surface area contributed by atoms with Crippen molar-refractivity contribution in [3.63, 3.8) is 0 Å². The summed E-state index contributed by atoms with van der Waals surface area (Å²) in [6.45, 7) is 0. The van der Waals surface area contributed by atoms with Gasteiger partial charge in [-0.2, -0.15) is 0 Å². The highest BCUT2D eigenvalue weighted by atomic mass is 15.1. The van der Waals surface area contributed by atoms with E-state index in [2.05, 4.69) is 259 Å². The molecule has 300 valence electrons. The number of nitrogens with zero attached hydrogens (tertiary/aromatic N) is 1. The van der Waals surface area contributed by atoms with E-state index in [1.807, 2.05) is 0 Å². The number of H-pyrrole nitrogens is 1. The van der Waals surface area contributed by atoms with Gasteiger partial charge in [-0.05, 0) is 133 Å². The van der Waals surface area contributed by atoms with Crippen molar-refractivity contribution < 1.29 is 0 Å². The molecule has 0 bridgehead atoms. The van der Waals surface area contributed by atoms with Crippen LogP contribution in [0.15, 0.2) is 243 Å². The maximum absolute atomic E-state index is 3.83. The van der Waals surface area contributed by atoms with Crippen LogP contribution in [0.1, 0.15) is 16.7 Å². The van der Waals surface area contributed by atoms with Gasteiger partial charge in [0, 0.05) is 39.1 Å². The van der Waals surface area contributed by atoms with Gasteiger partial charge in [-0.25, -0.2) is 0 Å². The summed E-state index contributed by atoms with van der Waals surface area (Å²) in [5.74, 6) is 0. The summed E-state index contributed by atoms with van der Waals surface area (Å²) in [4.78, 5) is 6.22. The molecule has 1 heterocycles. The topological polar surface area (TPSA) is 19.0 Å². The maximum Gasteiger partial charge on any atom is 0.0551 e. The van der Waals surface area contributed by atoms with E-state index in [9.17, 15) is 0 Å². The number of benzene rings is 10. The largest absolute Gasteiger partial charge is 0.354 e. The van der Waals surface area contributed by atoms with Gasteiger partial charge in [0.2, 0.25) is 0 Å². The third-order valence-electron chi connectivity index (χ3n) is 12.7. The van der Waals surface area contributed by atoms with Crippen molar-refractivity contribution in [2.75, 3.05) is 4.90 Å². The third-order valence-corrected chi connectivity index (χ3v) is 12.7. The smallest absolute Gasteiger partial charge is 0.0551 e. The van der Waals surface area contributed by atoms with Gasteiger partial charge in [-0.3, -0.25) is 0 Å². The zero-order valence-electron chi connectivity index (χ0n) is 35.1. The first-order valence-corrected chi connectivity index (χ1v) is 22.0. The maximum atomic E-state index is 3.83. The molecule has 1 aliphatic carbocycles. The van der Waals surface area contributed by atoms with E-state index in [-0.39, 0.29) is 0 Å². The molecule has 0 fully saturated rings. The second kappa shape index (κ2) is 15.8. The van der Waals surface area contributed by atoms with Crippen molar-refractivity contribution in [1.82, 2.24) is 4.98 Å². The molecule has 0 saturated heterocycles. The molecule has 0 unspecified atom stereocenters. The predicted molar refractivity (Wildman–Crippen MR) is 271 cm³/mol. The normalized spacial score (nSPS) is 11.8. The molecule has 64 heavy (non-hydrogen) atoms. The van der Waals surface area contributed by atoms with Crippen molar-refractivity contribution in [3.8, 4) is 55.8 Å². The summed E-state index contributed by atoms with van der Waals surface area (Å²) in [6, 6.07) is 88.0. The van der Waals surface area contributed by atoms with E-state index in [1.54, 1.807) is 0 Å². The number of fused-ring (bicyclic) bond motifs is 5. The van der Waals surface area contributed by atoms with Gasteiger partial charge in [-0.15, -0.1) is 0 Å². The van der Waals surface area contributed by atoms with Crippen molar-refractivity contribution in [3.05, 3.63) is 259 Å². The minimum atomic E-state index is 1.07. The molecule has 1 aliphatic rings. The molecular formula is C62H42N2. The summed E-state index contributed by atoms with van der Waals surface area (Å²) in [7, 11) is 0. The van der Waals surface area contributed by atoms with E-state index >= 15 is 0 Å². The van der Waals surface area contributed by atoms with Crippen LogP contribution in [0, 0.1) is 0 Å². The first-order chi connectivity index (χ1) is 31.7. The van der Waals surface area contributed by atoms with Crippen LogP contribution in [0.25, 0.3) is 89.1 Å². The third kappa shape index (κ3) is 6.70. The highest BCUT2D eigenvalue weighted by Crippen LogP contribution is 2.51. The van der Waals surface area contributed by atoms with Crippen LogP contribution in [0.4, 0.5) is 17.1 Å². The summed E-state index contributed by atoms with van der Waals surface area (Å²) in [6.07, 6.45) is 2.34. The van der Waals surface area contributed by atoms with Crippen LogP contribution in [0.5, 0.6) is 0 Å². The molecule has 0 aliphatic heterocycles. The Labute approximate surface area is 373 Å². The Hall–Kier alpha value is -8.46. The quantitative estimate of drug-likeness (QED) is 0.144. The number of rotatable bonds is 9. The molecule has 0 saturated carbocycles. The Kier molecular flexibility index (Phi) is 9.20. The van der Waals surface area contributed by atoms with E-state index in [1.165, 1.54) is 60.8 Å². The lowest BCUT2D eigenvalue weighted by atomic mass is 9.90. The van der Waals surface area contributed by atoms with Gasteiger partial charge in [0.15, 0.2) is 0 Å². The fourth-order valence-corrected chi connectivity index (χ4v) is 9.65. The van der Waals surface area contributed by atoms with Gasteiger partial charge in [-0.1, -0.05) is 188 Å². The molecule has 0 spiro atoms. The first-order valence-electron chi connectivity index (χ1n) is 22.0. The zero-order valence-corrected chi connectivity index (χ0v) is 35.1. The molecule has 2 nitrogen and oxygen atoms in total. The lowest BCUT2D eigenvalue weighted by Crippen LogP contribution is -2.10. The van der Waals surface area contributed by atoms with E-state index in [4.69, 9.17) is 0 Å². The molecule has 2 heteroatoms. The van der Waals surface area contributed by atoms with E-state index in [0.29, 0.717) is 0 Å². The second-order valence-electron chi connectivity index (χ2n) is 16.6. The van der Waals surface area contributed by atoms with Crippen molar-refractivity contribution in [2.45, 2.75) is 0 Å². The first kappa shape index (κ1) is 37.3. The fourth-order valence-electron chi connectivity index (χ4n) is 9.65. The summed E-state index contributed by atoms with van der Waals surface area (Å²) in [5.41, 5.74) is 21.1. The Morgan fingerprint density at radius 3 is 1.61 bits per heavy atom. The van der Waals surface area contributed by atoms with Crippen molar-refractivity contribution >= 4 is 50.4 Å². The molecule has 1 aromatic heterocycles. The van der Waals surface area contributed by atoms with Crippen molar-refractivity contribution in [1.29, 1.82) is 0 Å². The fraction of sp³-hybridized carbons (Fsp3) is 0. The average Bonchev–Trinajstić information content (AvgIpc) is 3.90. The minimum absolute atomic E-state index is 1.07. The highest BCUT2D eigenvalue weighted by molar-refractivity contribution is 6.21. The number of nitrogens with one attached hydrogen (secondary N) is 1. The van der Waals surface area contributed by atoms with E-state index in [0.717, 1.165) is 56.0 Å². The summed E-state index contributed by atoms with van der Waals surface area (Å²) >= 11 is 0. The highest BCUT2D eigenvalue weighted by Gasteiger charge is 2.26. The van der Waals surface area contributed by atoms with Crippen LogP contribution in [0.2, 0.25) is 0 Å². The van der Waals surface area contributed by atoms with Gasteiger partial charge in [0.1, 0.15) is 0 Å². The van der Waals surface area contributed by atoms with Crippen molar-refractivity contribution in [2.24, 2.45) is 0 Å². The predicted octanol–water partition coefficient (Wildman–Crippen LogP) is 17.0. The molecule has 1 N–H and O–H groups in total. The van der Waals surface area contributed by atoms with Crippen LogP contribution in [0.3, 0.4) is 0 Å². The Morgan fingerprint density at radius 1 is 0.375 bits per heavy atom. The lowest BCUT2D eigenvalue weighted by Gasteiger charge is -2.27. The monoisotopic (exact) mass is 814 g/mol. The molecule has 11 aromatic rings. The minimum Gasteiger partial charge on any atom is -0.354 e. The average molecular weight is 815 g/mol. The SMILES string of the molecule is C(=C(/c1ccc(-c2ccccc2)cc1)c1cc(-c2ccc3[nH]c4c(c3c2)-c2cccc3cccc-4c23)cc(N(c2ccccc2)c2ccc(-c3ccccc3)cc2)c1)/c1ccccc1. The van der Waals surface area contributed by atoms with Crippen LogP contribution >= 0.6 is 0 Å². The lowest BCUT2D eigenvalue weighted by molar-refractivity contribution is 1.28. The van der Waals surface area contributed by atoms with Crippen LogP contribution in [-0.2, 0) is 0 Å². The molecule has 0 atom stereocenters. The van der Waals surface area contributed by atoms with Gasteiger partial charge < -0.3 is 9.88 Å². The number of anilines is 3. The Balaban J connectivity index is 1.07. The molecule has 10 aromatic carbocycles. The zero-order chi connectivity index (χ0) is 42.4. The van der Waals surface area contributed by atoms with Gasteiger partial charge in [0.05, 0.1) is 5.69 Å². The molecule has 0 amide bonds. The number of aromatic nitrogens is 1. The second-order valence-corrected chi connectivity index (χ2v) is 16.6.